The molecule has 0 fully saturated rings. The van der Waals surface area contributed by atoms with Gasteiger partial charge in [-0.15, -0.1) is 0 Å². The van der Waals surface area contributed by atoms with Crippen molar-refractivity contribution < 1.29 is 26.5 Å². The molecule has 16 heteroatoms. The summed E-state index contributed by atoms with van der Waals surface area (Å²) in [4.78, 5) is 48.0. The van der Waals surface area contributed by atoms with E-state index in [-0.39, 0.29) is 0 Å². The first-order valence-corrected chi connectivity index (χ1v) is 44.4. The molecule has 27 rings (SSSR count). The van der Waals surface area contributed by atoms with Crippen molar-refractivity contribution >= 4 is 115 Å². The van der Waals surface area contributed by atoms with Gasteiger partial charge in [-0.3, -0.25) is 0 Å². The molecule has 0 radical (unpaired) electrons. The van der Waals surface area contributed by atoms with E-state index in [1.165, 1.54) is 0 Å². The summed E-state index contributed by atoms with van der Waals surface area (Å²) in [6, 6.07) is 147. The van der Waals surface area contributed by atoms with E-state index in [0.29, 0.717) is 46.9 Å². The maximum Gasteiger partial charge on any atom is 0.335 e. The maximum atomic E-state index is 6.29. The molecular weight excluding hydrogens is 1660 g/mol. The van der Waals surface area contributed by atoms with E-state index in [1.807, 2.05) is 298 Å². The van der Waals surface area contributed by atoms with E-state index in [9.17, 15) is 0 Å². The zero-order valence-corrected chi connectivity index (χ0v) is 72.2. The second-order valence-corrected chi connectivity index (χ2v) is 32.7. The van der Waals surface area contributed by atoms with Gasteiger partial charge in [-0.1, -0.05) is 303 Å². The van der Waals surface area contributed by atoms with Crippen molar-refractivity contribution in [2.45, 2.75) is 0 Å². The van der Waals surface area contributed by atoms with E-state index in [4.69, 9.17) is 66.9 Å². The van der Waals surface area contributed by atoms with Crippen LogP contribution in [0, 0.1) is 0 Å². The van der Waals surface area contributed by atoms with Crippen molar-refractivity contribution in [3.63, 3.8) is 0 Å². The van der Waals surface area contributed by atoms with Crippen molar-refractivity contribution in [2.75, 3.05) is 0 Å². The lowest BCUT2D eigenvalue weighted by atomic mass is 9.99. The molecule has 0 aliphatic carbocycles. The van der Waals surface area contributed by atoms with Gasteiger partial charge >= 0.3 is 5.82 Å². The van der Waals surface area contributed by atoms with Gasteiger partial charge in [0.15, 0.2) is 45.6 Å². The van der Waals surface area contributed by atoms with Crippen LogP contribution < -0.4 is 4.40 Å². The van der Waals surface area contributed by atoms with Crippen LogP contribution in [0.25, 0.3) is 251 Å². The highest BCUT2D eigenvalue weighted by Gasteiger charge is 2.23. The van der Waals surface area contributed by atoms with Gasteiger partial charge in [-0.25, -0.2) is 44.9 Å². The number of hydrogen-bond donors (Lipinski definition) is 0. The van der Waals surface area contributed by atoms with Crippen LogP contribution in [-0.2, 0) is 0 Å². The van der Waals surface area contributed by atoms with Crippen molar-refractivity contribution in [3.8, 4) is 136 Å². The molecule has 135 heavy (non-hydrogen) atoms. The smallest absolute Gasteiger partial charge is 0.335 e. The monoisotopic (exact) mass is 1740 g/mol. The van der Waals surface area contributed by atoms with Gasteiger partial charge in [-0.05, 0) is 159 Å². The van der Waals surface area contributed by atoms with Crippen molar-refractivity contribution in [2.24, 2.45) is 0 Å². The van der Waals surface area contributed by atoms with Crippen molar-refractivity contribution in [3.05, 3.63) is 449 Å². The molecular formula is C119H74N11O5+. The van der Waals surface area contributed by atoms with Crippen LogP contribution in [0.1, 0.15) is 0 Å². The molecule has 9 heterocycles. The van der Waals surface area contributed by atoms with Crippen LogP contribution in [0.3, 0.4) is 0 Å². The van der Waals surface area contributed by atoms with Gasteiger partial charge in [-0.2, -0.15) is 4.40 Å². The summed E-state index contributed by atoms with van der Waals surface area (Å²) in [5.41, 5.74) is 24.0. The van der Waals surface area contributed by atoms with Gasteiger partial charge < -0.3 is 22.1 Å². The molecule has 9 aromatic heterocycles. The minimum absolute atomic E-state index is 0.603. The van der Waals surface area contributed by atoms with Crippen LogP contribution in [0.15, 0.2) is 471 Å². The lowest BCUT2D eigenvalue weighted by Gasteiger charge is -2.10. The first-order valence-electron chi connectivity index (χ1n) is 44.4. The van der Waals surface area contributed by atoms with E-state index in [2.05, 4.69) is 161 Å². The largest absolute Gasteiger partial charge is 0.455 e. The number of benzene rings is 18. The van der Waals surface area contributed by atoms with E-state index in [1.54, 1.807) is 0 Å². The second kappa shape index (κ2) is 34.7. The molecule has 0 aliphatic heterocycles. The molecule has 0 unspecified atom stereocenters. The Kier molecular flexibility index (Phi) is 20.5. The molecule has 634 valence electrons. The molecule has 0 spiro atoms. The fourth-order valence-electron chi connectivity index (χ4n) is 17.5. The topological polar surface area (TPSA) is 199 Å². The molecule has 0 saturated carbocycles. The Bertz CT molecular complexity index is 8720. The van der Waals surface area contributed by atoms with E-state index < -0.39 is 0 Å². The number of hydrogen-bond acceptors (Lipinski definition) is 15. The molecule has 16 nitrogen and oxygen atoms in total. The lowest BCUT2D eigenvalue weighted by molar-refractivity contribution is -0.503. The summed E-state index contributed by atoms with van der Waals surface area (Å²) < 4.78 is 33.4. The van der Waals surface area contributed by atoms with Crippen LogP contribution >= 0.6 is 0 Å². The minimum atomic E-state index is 0.603. The van der Waals surface area contributed by atoms with Crippen LogP contribution in [0.4, 0.5) is 0 Å². The normalized spacial score (nSPS) is 11.4. The number of nitrogens with zero attached hydrogens (tertiary/aromatic N) is 11. The number of pyridine rings is 1. The summed E-state index contributed by atoms with van der Waals surface area (Å²) in [5, 5.41) is 10.7. The summed E-state index contributed by atoms with van der Waals surface area (Å²) in [6.07, 6.45) is 3.88. The first kappa shape index (κ1) is 79.7. The molecule has 0 saturated heterocycles. The first-order chi connectivity index (χ1) is 66.8. The number of oxazole rings is 4. The molecule has 0 atom stereocenters. The fraction of sp³-hybridized carbons (Fsp3) is 0. The fourth-order valence-corrected chi connectivity index (χ4v) is 17.5. The Balaban J connectivity index is 0.0000000990. The third kappa shape index (κ3) is 15.7. The zero-order valence-electron chi connectivity index (χ0n) is 72.2. The maximum absolute atomic E-state index is 6.29. The minimum Gasteiger partial charge on any atom is -0.455 e. The number of rotatable bonds is 12. The van der Waals surface area contributed by atoms with Crippen molar-refractivity contribution in [1.82, 2.24) is 49.8 Å². The predicted molar refractivity (Wildman–Crippen MR) is 539 cm³/mol. The predicted octanol–water partition coefficient (Wildman–Crippen LogP) is 29.9. The van der Waals surface area contributed by atoms with Gasteiger partial charge in [0.2, 0.25) is 23.6 Å². The third-order valence-corrected chi connectivity index (χ3v) is 24.2. The van der Waals surface area contributed by atoms with Crippen LogP contribution in [-0.4, -0.2) is 49.8 Å². The highest BCUT2D eigenvalue weighted by molar-refractivity contribution is 6.12. The standard InChI is InChI=1S/C33H21N3O.C32H20N4O.C29H17NO2.C25H16N3O/c1-4-10-23(11-5-1)29-21-30(24-12-6-2-7-13-24)35-32(34-29)26-17-16-22-18-19-28-31(27(22)20-26)37-33(36-28)25-14-8-3-9-15-25;1-4-10-22(11-5-1)29-34-30(23-12-6-2-7-13-23)36-31(35-29)25-17-16-21-18-19-27-28(26(21)20-25)37-32(33-27)24-14-8-3-9-15-24;1-2-7-19(8-3-1)29-30-25-16-15-18-13-14-20(17-24(18)28(25)32-29)21-10-6-11-23-22-9-4-5-12-26(22)31-27(21)23;1-2-6-18(7-3-1)25-27-22-12-11-17-9-10-19(16-21(17)23(22)29-25)24-26-14-13-20-8-4-5-15-28(20)24/h1-21H;1-20H;1-17H;1-16H/q;;;+1. The van der Waals surface area contributed by atoms with Gasteiger partial charge in [0.1, 0.15) is 44.9 Å². The molecule has 0 aliphatic rings. The van der Waals surface area contributed by atoms with Gasteiger partial charge in [0.25, 0.3) is 0 Å². The van der Waals surface area contributed by atoms with Crippen molar-refractivity contribution in [1.29, 1.82) is 0 Å². The Labute approximate surface area is 771 Å². The average molecular weight is 1740 g/mol. The summed E-state index contributed by atoms with van der Waals surface area (Å²) >= 11 is 0. The van der Waals surface area contributed by atoms with Gasteiger partial charge in [0.05, 0.1) is 23.1 Å². The molecule has 18 aromatic carbocycles. The third-order valence-electron chi connectivity index (χ3n) is 24.2. The van der Waals surface area contributed by atoms with Crippen LogP contribution in [0.5, 0.6) is 0 Å². The molecule has 0 bridgehead atoms. The quantitative estimate of drug-likeness (QED) is 0.105. The second-order valence-electron chi connectivity index (χ2n) is 32.7. The molecule has 27 aromatic rings. The Morgan fingerprint density at radius 3 is 0.941 bits per heavy atom. The molecule has 0 N–H and O–H groups in total. The summed E-state index contributed by atoms with van der Waals surface area (Å²) in [6.45, 7) is 0. The highest BCUT2D eigenvalue weighted by Crippen LogP contribution is 2.42. The highest BCUT2D eigenvalue weighted by atomic mass is 16.4. The summed E-state index contributed by atoms with van der Waals surface area (Å²) in [7, 11) is 0. The SMILES string of the molecule is c1ccc(-c2cc(-c3ccccc3)nc(-c3ccc4ccc5nc(-c6ccccc6)oc5c4c3)n2)cc1.c1ccc(-c2nc(-c3ccccc3)nc(-c3ccc4ccc5nc(-c6ccccc6)oc5c4c3)n2)cc1.c1ccc(-c2nc3ccc4ccc(-c5cccc6c5oc5ccccc56)cc4c3o2)cc1.c1ccc(-c2nc3ccc4ccc(-c5nccc6cccc[n+]56)cc4c3o2)cc1. The zero-order chi connectivity index (χ0) is 89.5. The number of fused-ring (bicyclic) bond motifs is 16. The Morgan fingerprint density at radius 1 is 0.193 bits per heavy atom. The molecule has 0 amide bonds. The Hall–Kier alpha value is -18.7. The van der Waals surface area contributed by atoms with E-state index >= 15 is 0 Å². The van der Waals surface area contributed by atoms with Crippen LogP contribution in [0.2, 0.25) is 0 Å². The Morgan fingerprint density at radius 2 is 0.519 bits per heavy atom. The number of furan rings is 1. The lowest BCUT2D eigenvalue weighted by Crippen LogP contribution is -2.25. The number of aromatic nitrogens is 11. The summed E-state index contributed by atoms with van der Waals surface area (Å²) in [5.74, 6) is 5.92. The van der Waals surface area contributed by atoms with E-state index in [0.717, 1.165) is 204 Å². The average Bonchev–Trinajstić information content (AvgIpc) is 1.60. The number of para-hydroxylation sites is 2. The van der Waals surface area contributed by atoms with Gasteiger partial charge in [0, 0.05) is 99.6 Å².